The normalized spacial score (nSPS) is 31.5. The summed E-state index contributed by atoms with van der Waals surface area (Å²) in [6.07, 6.45) is 5.78. The van der Waals surface area contributed by atoms with Gasteiger partial charge in [0.2, 0.25) is 0 Å². The number of amides is 2. The van der Waals surface area contributed by atoms with Crippen LogP contribution in [0.1, 0.15) is 32.1 Å². The fraction of sp³-hybridized carbons (Fsp3) is 0.900. The first kappa shape index (κ1) is 9.77. The summed E-state index contributed by atoms with van der Waals surface area (Å²) in [6, 6.07) is 0.706. The third-order valence-corrected chi connectivity index (χ3v) is 3.44. The fourth-order valence-electron chi connectivity index (χ4n) is 1.86. The van der Waals surface area contributed by atoms with Gasteiger partial charge in [-0.25, -0.2) is 4.79 Å². The molecule has 0 aromatic carbocycles. The van der Waals surface area contributed by atoms with E-state index in [0.29, 0.717) is 18.0 Å². The zero-order valence-corrected chi connectivity index (χ0v) is 8.46. The van der Waals surface area contributed by atoms with E-state index in [0.717, 1.165) is 32.2 Å². The first-order valence-electron chi connectivity index (χ1n) is 5.55. The lowest BCUT2D eigenvalue weighted by molar-refractivity contribution is 0.213. The maximum absolute atomic E-state index is 11.3. The summed E-state index contributed by atoms with van der Waals surface area (Å²) in [5.41, 5.74) is 5.78. The Hall–Kier alpha value is -0.770. The molecular formula is C10H19N3O. The molecule has 2 saturated carbocycles. The van der Waals surface area contributed by atoms with Crippen LogP contribution in [0.25, 0.3) is 0 Å². The van der Waals surface area contributed by atoms with Crippen molar-refractivity contribution in [1.82, 2.24) is 10.6 Å². The van der Waals surface area contributed by atoms with Crippen LogP contribution >= 0.6 is 0 Å². The summed E-state index contributed by atoms with van der Waals surface area (Å²) in [4.78, 5) is 11.3. The van der Waals surface area contributed by atoms with Gasteiger partial charge in [-0.1, -0.05) is 0 Å². The smallest absolute Gasteiger partial charge is 0.315 e. The van der Waals surface area contributed by atoms with Gasteiger partial charge in [-0.3, -0.25) is 0 Å². The molecule has 0 heterocycles. The second-order valence-corrected chi connectivity index (χ2v) is 4.48. The molecule has 4 heteroatoms. The molecule has 80 valence electrons. The van der Waals surface area contributed by atoms with Crippen molar-refractivity contribution in [3.63, 3.8) is 0 Å². The van der Waals surface area contributed by atoms with Crippen LogP contribution in [-0.2, 0) is 0 Å². The van der Waals surface area contributed by atoms with Crippen molar-refractivity contribution < 1.29 is 4.79 Å². The Bertz CT molecular complexity index is 215. The average Bonchev–Trinajstić information content (AvgIpc) is 2.09. The highest BCUT2D eigenvalue weighted by Gasteiger charge is 2.27. The Morgan fingerprint density at radius 3 is 2.50 bits per heavy atom. The van der Waals surface area contributed by atoms with Gasteiger partial charge in [0.05, 0.1) is 0 Å². The number of hydrogen-bond donors (Lipinski definition) is 3. The van der Waals surface area contributed by atoms with Crippen molar-refractivity contribution in [2.75, 3.05) is 6.54 Å². The van der Waals surface area contributed by atoms with Crippen molar-refractivity contribution in [2.45, 2.75) is 44.2 Å². The van der Waals surface area contributed by atoms with E-state index in [4.69, 9.17) is 5.73 Å². The third kappa shape index (κ3) is 2.18. The predicted molar refractivity (Wildman–Crippen MR) is 54.9 cm³/mol. The number of carbonyl (C=O) groups is 1. The van der Waals surface area contributed by atoms with Crippen LogP contribution in [0, 0.1) is 5.92 Å². The Labute approximate surface area is 84.6 Å². The number of carbonyl (C=O) groups excluding carboxylic acids is 1. The van der Waals surface area contributed by atoms with Crippen LogP contribution in [0.4, 0.5) is 4.79 Å². The molecule has 0 spiro atoms. The van der Waals surface area contributed by atoms with Crippen molar-refractivity contribution >= 4 is 6.03 Å². The summed E-state index contributed by atoms with van der Waals surface area (Å²) >= 11 is 0. The fourth-order valence-corrected chi connectivity index (χ4v) is 1.86. The zero-order valence-electron chi connectivity index (χ0n) is 8.46. The SMILES string of the molecule is NC1CCC1CNC(=O)NC1CCC1. The van der Waals surface area contributed by atoms with Gasteiger partial charge in [0.25, 0.3) is 0 Å². The minimum atomic E-state index is -0.0196. The molecule has 2 fully saturated rings. The quantitative estimate of drug-likeness (QED) is 0.619. The molecule has 0 radical (unpaired) electrons. The van der Waals surface area contributed by atoms with Crippen LogP contribution in [0.3, 0.4) is 0 Å². The van der Waals surface area contributed by atoms with Crippen molar-refractivity contribution in [2.24, 2.45) is 11.7 Å². The first-order valence-corrected chi connectivity index (χ1v) is 5.55. The molecule has 14 heavy (non-hydrogen) atoms. The number of hydrogen-bond acceptors (Lipinski definition) is 2. The molecule has 2 unspecified atom stereocenters. The topological polar surface area (TPSA) is 67.1 Å². The van der Waals surface area contributed by atoms with Crippen LogP contribution in [0.15, 0.2) is 0 Å². The molecule has 4 N–H and O–H groups in total. The van der Waals surface area contributed by atoms with Gasteiger partial charge in [-0.05, 0) is 38.0 Å². The highest BCUT2D eigenvalue weighted by Crippen LogP contribution is 2.24. The van der Waals surface area contributed by atoms with E-state index in [1.165, 1.54) is 6.42 Å². The molecule has 2 rings (SSSR count). The summed E-state index contributed by atoms with van der Waals surface area (Å²) in [7, 11) is 0. The number of nitrogens with two attached hydrogens (primary N) is 1. The number of urea groups is 1. The minimum Gasteiger partial charge on any atom is -0.338 e. The van der Waals surface area contributed by atoms with Crippen molar-refractivity contribution in [1.29, 1.82) is 0 Å². The zero-order chi connectivity index (χ0) is 9.97. The molecule has 2 atom stereocenters. The molecule has 2 aliphatic rings. The monoisotopic (exact) mass is 197 g/mol. The number of rotatable bonds is 3. The molecule has 0 saturated heterocycles. The standard InChI is InChI=1S/C10H19N3O/c11-9-5-4-7(9)6-12-10(14)13-8-2-1-3-8/h7-9H,1-6,11H2,(H2,12,13,14). The van der Waals surface area contributed by atoms with Gasteiger partial charge in [-0.2, -0.15) is 0 Å². The second-order valence-electron chi connectivity index (χ2n) is 4.48. The molecule has 0 aliphatic heterocycles. The molecule has 4 nitrogen and oxygen atoms in total. The van der Waals surface area contributed by atoms with E-state index in [2.05, 4.69) is 10.6 Å². The molecule has 0 aromatic heterocycles. The molecule has 2 aliphatic carbocycles. The van der Waals surface area contributed by atoms with Crippen LogP contribution < -0.4 is 16.4 Å². The maximum Gasteiger partial charge on any atom is 0.315 e. The molecule has 0 bridgehead atoms. The van der Waals surface area contributed by atoms with E-state index >= 15 is 0 Å². The van der Waals surface area contributed by atoms with E-state index < -0.39 is 0 Å². The highest BCUT2D eigenvalue weighted by atomic mass is 16.2. The van der Waals surface area contributed by atoms with Crippen molar-refractivity contribution in [3.8, 4) is 0 Å². The first-order chi connectivity index (χ1) is 6.75. The highest BCUT2D eigenvalue weighted by molar-refractivity contribution is 5.74. The molecular weight excluding hydrogens is 178 g/mol. The van der Waals surface area contributed by atoms with Gasteiger partial charge >= 0.3 is 6.03 Å². The number of nitrogens with one attached hydrogen (secondary N) is 2. The van der Waals surface area contributed by atoms with Crippen LogP contribution in [0.2, 0.25) is 0 Å². The van der Waals surface area contributed by atoms with Crippen LogP contribution in [-0.4, -0.2) is 24.7 Å². The van der Waals surface area contributed by atoms with E-state index in [1.807, 2.05) is 0 Å². The van der Waals surface area contributed by atoms with Gasteiger partial charge in [0, 0.05) is 18.6 Å². The van der Waals surface area contributed by atoms with Crippen molar-refractivity contribution in [3.05, 3.63) is 0 Å². The van der Waals surface area contributed by atoms with Crippen LogP contribution in [0.5, 0.6) is 0 Å². The minimum absolute atomic E-state index is 0.0196. The van der Waals surface area contributed by atoms with Gasteiger partial charge in [0.15, 0.2) is 0 Å². The lowest BCUT2D eigenvalue weighted by Crippen LogP contribution is -2.50. The summed E-state index contributed by atoms with van der Waals surface area (Å²) in [5.74, 6) is 0.502. The summed E-state index contributed by atoms with van der Waals surface area (Å²) in [6.45, 7) is 0.736. The third-order valence-electron chi connectivity index (χ3n) is 3.44. The molecule has 2 amide bonds. The Balaban J connectivity index is 1.57. The average molecular weight is 197 g/mol. The summed E-state index contributed by atoms with van der Waals surface area (Å²) in [5, 5.41) is 5.83. The Morgan fingerprint density at radius 2 is 2.07 bits per heavy atom. The predicted octanol–water partition coefficient (Wildman–Crippen LogP) is 0.575. The lowest BCUT2D eigenvalue weighted by atomic mass is 9.80. The van der Waals surface area contributed by atoms with Gasteiger partial charge in [0.1, 0.15) is 0 Å². The lowest BCUT2D eigenvalue weighted by Gasteiger charge is -2.34. The Kier molecular flexibility index (Phi) is 2.91. The summed E-state index contributed by atoms with van der Waals surface area (Å²) < 4.78 is 0. The van der Waals surface area contributed by atoms with Gasteiger partial charge < -0.3 is 16.4 Å². The van der Waals surface area contributed by atoms with Gasteiger partial charge in [-0.15, -0.1) is 0 Å². The van der Waals surface area contributed by atoms with E-state index in [-0.39, 0.29) is 6.03 Å². The van der Waals surface area contributed by atoms with E-state index in [9.17, 15) is 4.79 Å². The van der Waals surface area contributed by atoms with E-state index in [1.54, 1.807) is 0 Å². The Morgan fingerprint density at radius 1 is 1.29 bits per heavy atom. The second kappa shape index (κ2) is 4.17. The maximum atomic E-state index is 11.3. The molecule has 0 aromatic rings. The largest absolute Gasteiger partial charge is 0.338 e.